The molecule has 0 unspecified atom stereocenters. The van der Waals surface area contributed by atoms with Crippen molar-refractivity contribution in [3.63, 3.8) is 0 Å². The highest BCUT2D eigenvalue weighted by molar-refractivity contribution is 9.10. The molecule has 1 aromatic heterocycles. The quantitative estimate of drug-likeness (QED) is 0.646. The van der Waals surface area contributed by atoms with E-state index in [-0.39, 0.29) is 5.69 Å². The van der Waals surface area contributed by atoms with Crippen molar-refractivity contribution in [1.29, 1.82) is 0 Å². The summed E-state index contributed by atoms with van der Waals surface area (Å²) in [7, 11) is 0. The Morgan fingerprint density at radius 1 is 1.47 bits per heavy atom. The minimum atomic E-state index is -0.401. The number of benzene rings is 1. The Labute approximate surface area is 106 Å². The number of nitrogens with zero attached hydrogens (tertiary/aromatic N) is 3. The molecule has 0 spiro atoms. The van der Waals surface area contributed by atoms with E-state index in [0.717, 1.165) is 11.3 Å². The minimum Gasteiger partial charge on any atom is -0.268 e. The predicted molar refractivity (Wildman–Crippen MR) is 66.9 cm³/mol. The fraction of sp³-hybridized carbons (Fsp3) is 0.182. The van der Waals surface area contributed by atoms with Gasteiger partial charge in [0.05, 0.1) is 21.6 Å². The van der Waals surface area contributed by atoms with E-state index in [0.29, 0.717) is 11.0 Å². The third-order valence-corrected chi connectivity index (χ3v) is 3.00. The van der Waals surface area contributed by atoms with Gasteiger partial charge in [-0.2, -0.15) is 5.10 Å². The molecule has 0 aliphatic heterocycles. The van der Waals surface area contributed by atoms with Gasteiger partial charge in [-0.3, -0.25) is 14.8 Å². The second-order valence-corrected chi connectivity index (χ2v) is 4.55. The summed E-state index contributed by atoms with van der Waals surface area (Å²) in [5, 5.41) is 15.0. The first kappa shape index (κ1) is 11.8. The molecule has 0 saturated heterocycles. The molecule has 0 aliphatic carbocycles. The van der Waals surface area contributed by atoms with E-state index in [1.165, 1.54) is 0 Å². The van der Waals surface area contributed by atoms with Gasteiger partial charge in [0.15, 0.2) is 0 Å². The summed E-state index contributed by atoms with van der Waals surface area (Å²) in [5.74, 6) is 0. The minimum absolute atomic E-state index is 0.0754. The summed E-state index contributed by atoms with van der Waals surface area (Å²) < 4.78 is 2.24. The normalized spacial score (nSPS) is 10.5. The lowest BCUT2D eigenvalue weighted by Gasteiger charge is -2.03. The second-order valence-electron chi connectivity index (χ2n) is 3.70. The third-order valence-electron chi connectivity index (χ3n) is 2.33. The molecule has 17 heavy (non-hydrogen) atoms. The van der Waals surface area contributed by atoms with Crippen molar-refractivity contribution in [1.82, 2.24) is 9.78 Å². The first-order chi connectivity index (χ1) is 8.06. The Morgan fingerprint density at radius 2 is 2.24 bits per heavy atom. The van der Waals surface area contributed by atoms with Gasteiger partial charge in [-0.05, 0) is 40.5 Å². The standard InChI is InChI=1S/C11H10BrN3O2/c1-8-4-5-14(13-8)7-9-2-3-10(12)11(6-9)15(16)17/h2-6H,7H2,1H3. The fourth-order valence-electron chi connectivity index (χ4n) is 1.53. The summed E-state index contributed by atoms with van der Waals surface area (Å²) in [6.45, 7) is 2.43. The van der Waals surface area contributed by atoms with Gasteiger partial charge in [-0.15, -0.1) is 0 Å². The number of nitro benzene ring substituents is 1. The van der Waals surface area contributed by atoms with Crippen molar-refractivity contribution in [3.8, 4) is 0 Å². The van der Waals surface area contributed by atoms with Crippen molar-refractivity contribution in [2.45, 2.75) is 13.5 Å². The van der Waals surface area contributed by atoms with Crippen molar-refractivity contribution >= 4 is 21.6 Å². The SMILES string of the molecule is Cc1ccn(Cc2ccc(Br)c([N+](=O)[O-])c2)n1. The lowest BCUT2D eigenvalue weighted by molar-refractivity contribution is -0.385. The highest BCUT2D eigenvalue weighted by Gasteiger charge is 2.12. The van der Waals surface area contributed by atoms with Crippen LogP contribution in [0.4, 0.5) is 5.69 Å². The van der Waals surface area contributed by atoms with Gasteiger partial charge in [0, 0.05) is 12.3 Å². The molecule has 0 N–H and O–H groups in total. The van der Waals surface area contributed by atoms with Crippen LogP contribution in [0.15, 0.2) is 34.9 Å². The van der Waals surface area contributed by atoms with Crippen LogP contribution in [0.1, 0.15) is 11.3 Å². The molecule has 0 amide bonds. The van der Waals surface area contributed by atoms with Crippen LogP contribution in [0.25, 0.3) is 0 Å². The number of aryl methyl sites for hydroxylation is 1. The summed E-state index contributed by atoms with van der Waals surface area (Å²) in [5.41, 5.74) is 1.85. The van der Waals surface area contributed by atoms with E-state index in [4.69, 9.17) is 0 Å². The monoisotopic (exact) mass is 295 g/mol. The number of hydrogen-bond acceptors (Lipinski definition) is 3. The maximum Gasteiger partial charge on any atom is 0.283 e. The Bertz CT molecular complexity index is 566. The molecule has 0 radical (unpaired) electrons. The zero-order valence-electron chi connectivity index (χ0n) is 9.13. The van der Waals surface area contributed by atoms with Crippen LogP contribution in [-0.4, -0.2) is 14.7 Å². The number of nitro groups is 1. The van der Waals surface area contributed by atoms with E-state index in [1.54, 1.807) is 16.8 Å². The zero-order valence-corrected chi connectivity index (χ0v) is 10.7. The van der Waals surface area contributed by atoms with E-state index in [1.807, 2.05) is 25.3 Å². The molecule has 2 rings (SSSR count). The smallest absolute Gasteiger partial charge is 0.268 e. The van der Waals surface area contributed by atoms with Gasteiger partial charge in [-0.25, -0.2) is 0 Å². The largest absolute Gasteiger partial charge is 0.283 e. The van der Waals surface area contributed by atoms with Crippen LogP contribution in [0.5, 0.6) is 0 Å². The zero-order chi connectivity index (χ0) is 12.4. The number of rotatable bonds is 3. The lowest BCUT2D eigenvalue weighted by Crippen LogP contribution is -2.01. The molecular weight excluding hydrogens is 286 g/mol. The molecule has 1 heterocycles. The van der Waals surface area contributed by atoms with Crippen LogP contribution in [0.2, 0.25) is 0 Å². The van der Waals surface area contributed by atoms with Crippen LogP contribution in [0.3, 0.4) is 0 Å². The fourth-order valence-corrected chi connectivity index (χ4v) is 1.93. The first-order valence-electron chi connectivity index (χ1n) is 4.99. The molecule has 0 fully saturated rings. The number of aromatic nitrogens is 2. The maximum absolute atomic E-state index is 10.8. The second kappa shape index (κ2) is 4.67. The van der Waals surface area contributed by atoms with Gasteiger partial charge in [0.2, 0.25) is 0 Å². The van der Waals surface area contributed by atoms with Gasteiger partial charge in [0.25, 0.3) is 5.69 Å². The van der Waals surface area contributed by atoms with Gasteiger partial charge >= 0.3 is 0 Å². The van der Waals surface area contributed by atoms with Crippen molar-refractivity contribution in [2.75, 3.05) is 0 Å². The molecule has 0 atom stereocenters. The third kappa shape index (κ3) is 2.71. The Balaban J connectivity index is 2.28. The molecule has 0 saturated carbocycles. The van der Waals surface area contributed by atoms with E-state index in [9.17, 15) is 10.1 Å². The lowest BCUT2D eigenvalue weighted by atomic mass is 10.2. The van der Waals surface area contributed by atoms with Crippen LogP contribution in [-0.2, 0) is 6.54 Å². The highest BCUT2D eigenvalue weighted by Crippen LogP contribution is 2.25. The Kier molecular flexibility index (Phi) is 3.23. The summed E-state index contributed by atoms with van der Waals surface area (Å²) in [4.78, 5) is 10.4. The van der Waals surface area contributed by atoms with Crippen LogP contribution >= 0.6 is 15.9 Å². The number of halogens is 1. The molecule has 5 nitrogen and oxygen atoms in total. The predicted octanol–water partition coefficient (Wildman–Crippen LogP) is 2.91. The molecule has 1 aromatic carbocycles. The Morgan fingerprint density at radius 3 is 2.82 bits per heavy atom. The first-order valence-corrected chi connectivity index (χ1v) is 5.78. The van der Waals surface area contributed by atoms with Gasteiger partial charge < -0.3 is 0 Å². The molecule has 0 bridgehead atoms. The summed E-state index contributed by atoms with van der Waals surface area (Å²) >= 11 is 3.16. The van der Waals surface area contributed by atoms with E-state index >= 15 is 0 Å². The van der Waals surface area contributed by atoms with E-state index in [2.05, 4.69) is 21.0 Å². The van der Waals surface area contributed by atoms with E-state index < -0.39 is 4.92 Å². The summed E-state index contributed by atoms with van der Waals surface area (Å²) in [6.07, 6.45) is 1.85. The van der Waals surface area contributed by atoms with Gasteiger partial charge in [0.1, 0.15) is 0 Å². The topological polar surface area (TPSA) is 61.0 Å². The summed E-state index contributed by atoms with van der Waals surface area (Å²) in [6, 6.07) is 6.98. The molecule has 2 aromatic rings. The highest BCUT2D eigenvalue weighted by atomic mass is 79.9. The van der Waals surface area contributed by atoms with Crippen molar-refractivity contribution in [2.24, 2.45) is 0 Å². The molecule has 6 heteroatoms. The average molecular weight is 296 g/mol. The Hall–Kier alpha value is -1.69. The van der Waals surface area contributed by atoms with Crippen molar-refractivity contribution in [3.05, 3.63) is 56.3 Å². The average Bonchev–Trinajstić information content (AvgIpc) is 2.66. The molecular formula is C11H10BrN3O2. The molecule has 0 aliphatic rings. The number of hydrogen-bond donors (Lipinski definition) is 0. The maximum atomic E-state index is 10.8. The van der Waals surface area contributed by atoms with Gasteiger partial charge in [-0.1, -0.05) is 6.07 Å². The van der Waals surface area contributed by atoms with Crippen LogP contribution in [0, 0.1) is 17.0 Å². The van der Waals surface area contributed by atoms with Crippen LogP contribution < -0.4 is 0 Å². The van der Waals surface area contributed by atoms with Crippen molar-refractivity contribution < 1.29 is 4.92 Å². The molecule has 88 valence electrons.